The normalized spacial score (nSPS) is 15.0. The predicted octanol–water partition coefficient (Wildman–Crippen LogP) is 7.18. The van der Waals surface area contributed by atoms with E-state index in [9.17, 15) is 0 Å². The van der Waals surface area contributed by atoms with Crippen LogP contribution in [0.15, 0.2) is 96.8 Å². The molecule has 8 nitrogen and oxygen atoms in total. The molecule has 45 heavy (non-hydrogen) atoms. The van der Waals surface area contributed by atoms with Crippen molar-refractivity contribution in [3.05, 3.63) is 103 Å². The fourth-order valence-corrected chi connectivity index (χ4v) is 5.14. The van der Waals surface area contributed by atoms with Crippen LogP contribution in [0.25, 0.3) is 16.5 Å². The van der Waals surface area contributed by atoms with E-state index in [0.717, 1.165) is 83.5 Å². The van der Waals surface area contributed by atoms with Crippen molar-refractivity contribution in [2.45, 2.75) is 34.6 Å². The lowest BCUT2D eigenvalue weighted by molar-refractivity contribution is 0.183. The number of hydrogen-bond acceptors (Lipinski definition) is 8. The van der Waals surface area contributed by atoms with Gasteiger partial charge in [0.05, 0.1) is 30.7 Å². The molecule has 3 N–H and O–H groups in total. The molecule has 0 amide bonds. The van der Waals surface area contributed by atoms with Crippen LogP contribution >= 0.6 is 0 Å². The lowest BCUT2D eigenvalue weighted by atomic mass is 9.87. The minimum Gasteiger partial charge on any atom is -0.498 e. The number of fused-ring (bicyclic) bond motifs is 1. The summed E-state index contributed by atoms with van der Waals surface area (Å²) in [6.07, 6.45) is 3.91. The molecular formula is C37H50N6O2. The van der Waals surface area contributed by atoms with E-state index in [1.807, 2.05) is 43.4 Å². The Morgan fingerprint density at radius 2 is 1.73 bits per heavy atom. The number of aromatic nitrogens is 1. The molecule has 0 radical (unpaired) electrons. The number of pyridine rings is 1. The summed E-state index contributed by atoms with van der Waals surface area (Å²) in [7, 11) is 3.59. The molecular weight excluding hydrogens is 560 g/mol. The van der Waals surface area contributed by atoms with E-state index in [4.69, 9.17) is 9.47 Å². The van der Waals surface area contributed by atoms with E-state index < -0.39 is 0 Å². The summed E-state index contributed by atoms with van der Waals surface area (Å²) >= 11 is 0. The fraction of sp³-hybridized carbons (Fsp3) is 0.378. The summed E-state index contributed by atoms with van der Waals surface area (Å²) in [4.78, 5) is 9.37. The first-order chi connectivity index (χ1) is 21.5. The Morgan fingerprint density at radius 3 is 2.38 bits per heavy atom. The maximum Gasteiger partial charge on any atom is 0.135 e. The van der Waals surface area contributed by atoms with Crippen LogP contribution in [-0.4, -0.2) is 68.2 Å². The Bertz CT molecular complexity index is 1560. The number of rotatable bonds is 13. The van der Waals surface area contributed by atoms with Crippen molar-refractivity contribution in [1.82, 2.24) is 25.4 Å². The van der Waals surface area contributed by atoms with Gasteiger partial charge >= 0.3 is 0 Å². The van der Waals surface area contributed by atoms with Gasteiger partial charge in [0, 0.05) is 54.9 Å². The zero-order valence-electron chi connectivity index (χ0n) is 28.1. The molecule has 0 bridgehead atoms. The summed E-state index contributed by atoms with van der Waals surface area (Å²) in [5, 5.41) is 12.1. The molecule has 0 spiro atoms. The third-order valence-electron chi connectivity index (χ3n) is 8.34. The molecule has 0 saturated carbocycles. The molecule has 2 aromatic carbocycles. The van der Waals surface area contributed by atoms with Crippen molar-refractivity contribution >= 4 is 22.2 Å². The van der Waals surface area contributed by atoms with E-state index in [-0.39, 0.29) is 5.41 Å². The van der Waals surface area contributed by atoms with E-state index in [1.165, 1.54) is 5.57 Å². The lowest BCUT2D eigenvalue weighted by Gasteiger charge is -2.36. The van der Waals surface area contributed by atoms with Crippen molar-refractivity contribution in [3.63, 3.8) is 0 Å². The molecule has 1 aliphatic rings. The number of methoxy groups -OCH3 is 1. The molecule has 1 saturated heterocycles. The van der Waals surface area contributed by atoms with Crippen LogP contribution in [-0.2, 0) is 4.74 Å². The number of allylic oxidation sites excluding steroid dienone is 2. The van der Waals surface area contributed by atoms with E-state index in [1.54, 1.807) is 13.3 Å². The number of benzene rings is 2. The van der Waals surface area contributed by atoms with Crippen LogP contribution in [0, 0.1) is 5.41 Å². The number of hydrogen-bond donors (Lipinski definition) is 3. The third kappa shape index (κ3) is 8.68. The van der Waals surface area contributed by atoms with Crippen LogP contribution < -0.4 is 20.7 Å². The van der Waals surface area contributed by atoms with E-state index in [2.05, 4.69) is 96.7 Å². The number of anilines is 1. The van der Waals surface area contributed by atoms with Gasteiger partial charge in [-0.2, -0.15) is 0 Å². The second-order valence-corrected chi connectivity index (χ2v) is 12.4. The number of nitrogens with zero attached hydrogens (tertiary/aromatic N) is 3. The second kappa shape index (κ2) is 15.1. The Balaban J connectivity index is 1.55. The Hall–Kier alpha value is -4.27. The largest absolute Gasteiger partial charge is 0.498 e. The van der Waals surface area contributed by atoms with Gasteiger partial charge in [0.25, 0.3) is 0 Å². The minimum absolute atomic E-state index is 0.0131. The standard InChI is InChI=1S/C37H50N6O2/c1-10-42-19-21-43(22-20-42)27(3)33-24-29(17-18-39-33)45-35-16-15-32(30-13-11-12-14-31(30)35)40-28(4)41-34(36(44-9)25-38-8)23-26(2)37(5,6)7/h11-18,23-24,38,40-41H,3-4,10,19-22,25H2,1-2,5-9H3/b26-23+,36-34-. The highest BCUT2D eigenvalue weighted by molar-refractivity contribution is 5.98. The van der Waals surface area contributed by atoms with Gasteiger partial charge < -0.3 is 35.2 Å². The van der Waals surface area contributed by atoms with Crippen molar-refractivity contribution in [2.75, 3.05) is 58.7 Å². The maximum absolute atomic E-state index is 6.46. The summed E-state index contributed by atoms with van der Waals surface area (Å²) in [5.41, 5.74) is 4.75. The van der Waals surface area contributed by atoms with Gasteiger partial charge in [0.15, 0.2) is 0 Å². The van der Waals surface area contributed by atoms with Crippen molar-refractivity contribution < 1.29 is 9.47 Å². The SMILES string of the molecule is C=C(NC(/C=C(\C)C(C)(C)C)=C(/CNC)OC)Nc1ccc(Oc2ccnc(C(=C)N3CCN(CC)CC3)c2)c2ccccc12. The monoisotopic (exact) mass is 610 g/mol. The molecule has 240 valence electrons. The Morgan fingerprint density at radius 1 is 1.02 bits per heavy atom. The van der Waals surface area contributed by atoms with Gasteiger partial charge in [-0.05, 0) is 50.2 Å². The smallest absolute Gasteiger partial charge is 0.135 e. The van der Waals surface area contributed by atoms with Crippen LogP contribution in [0.3, 0.4) is 0 Å². The molecule has 8 heteroatoms. The molecule has 4 rings (SSSR count). The van der Waals surface area contributed by atoms with Crippen molar-refractivity contribution in [1.29, 1.82) is 0 Å². The quantitative estimate of drug-likeness (QED) is 0.139. The lowest BCUT2D eigenvalue weighted by Crippen LogP contribution is -2.45. The zero-order valence-corrected chi connectivity index (χ0v) is 28.1. The number of ether oxygens (including phenoxy) is 2. The highest BCUT2D eigenvalue weighted by atomic mass is 16.5. The van der Waals surface area contributed by atoms with Crippen LogP contribution in [0.2, 0.25) is 0 Å². The molecule has 1 fully saturated rings. The first-order valence-corrected chi connectivity index (χ1v) is 15.7. The predicted molar refractivity (Wildman–Crippen MR) is 188 cm³/mol. The van der Waals surface area contributed by atoms with Crippen LogP contribution in [0.5, 0.6) is 11.5 Å². The third-order valence-corrected chi connectivity index (χ3v) is 8.34. The van der Waals surface area contributed by atoms with Crippen molar-refractivity contribution in [2.24, 2.45) is 5.41 Å². The topological polar surface area (TPSA) is 73.9 Å². The molecule has 3 aromatic rings. The van der Waals surface area contributed by atoms with Gasteiger partial charge in [0.2, 0.25) is 0 Å². The minimum atomic E-state index is 0.0131. The molecule has 0 atom stereocenters. The number of piperazine rings is 1. The molecule has 0 aliphatic carbocycles. The average molecular weight is 611 g/mol. The zero-order chi connectivity index (χ0) is 32.6. The average Bonchev–Trinajstić information content (AvgIpc) is 3.03. The summed E-state index contributed by atoms with van der Waals surface area (Å²) < 4.78 is 12.2. The van der Waals surface area contributed by atoms with E-state index in [0.29, 0.717) is 12.4 Å². The summed E-state index contributed by atoms with van der Waals surface area (Å²) in [5.74, 6) is 2.90. The molecule has 2 heterocycles. The first-order valence-electron chi connectivity index (χ1n) is 15.7. The highest BCUT2D eigenvalue weighted by Crippen LogP contribution is 2.35. The Labute approximate surface area is 269 Å². The fourth-order valence-electron chi connectivity index (χ4n) is 5.14. The van der Waals surface area contributed by atoms with Crippen LogP contribution in [0.1, 0.15) is 40.3 Å². The Kier molecular flexibility index (Phi) is 11.3. The van der Waals surface area contributed by atoms with Crippen LogP contribution in [0.4, 0.5) is 5.69 Å². The van der Waals surface area contributed by atoms with Gasteiger partial charge in [-0.1, -0.05) is 70.7 Å². The number of nitrogens with one attached hydrogen (secondary N) is 3. The highest BCUT2D eigenvalue weighted by Gasteiger charge is 2.19. The van der Waals surface area contributed by atoms with Gasteiger partial charge in [0.1, 0.15) is 23.1 Å². The number of likely N-dealkylation sites (N-methyl/N-ethyl adjacent to an activating group) is 2. The molecule has 1 aromatic heterocycles. The maximum atomic E-state index is 6.46. The van der Waals surface area contributed by atoms with Crippen molar-refractivity contribution in [3.8, 4) is 11.5 Å². The summed E-state index contributed by atoms with van der Waals surface area (Å²) in [6, 6.07) is 16.1. The molecule has 0 unspecified atom stereocenters. The second-order valence-electron chi connectivity index (χ2n) is 12.4. The van der Waals surface area contributed by atoms with E-state index >= 15 is 0 Å². The summed E-state index contributed by atoms with van der Waals surface area (Å²) in [6.45, 7) is 25.2. The molecule has 1 aliphatic heterocycles. The van der Waals surface area contributed by atoms with Gasteiger partial charge in [-0.3, -0.25) is 4.98 Å². The van der Waals surface area contributed by atoms with Gasteiger partial charge in [-0.25, -0.2) is 0 Å². The van der Waals surface area contributed by atoms with Gasteiger partial charge in [-0.15, -0.1) is 0 Å². The first kappa shape index (κ1) is 33.6.